The van der Waals surface area contributed by atoms with E-state index in [0.29, 0.717) is 6.42 Å². The van der Waals surface area contributed by atoms with Gasteiger partial charge in [-0.2, -0.15) is 0 Å². The summed E-state index contributed by atoms with van der Waals surface area (Å²) in [6.07, 6.45) is 41.5. The fourth-order valence-electron chi connectivity index (χ4n) is 6.94. The van der Waals surface area contributed by atoms with E-state index in [1.807, 2.05) is 6.08 Å². The van der Waals surface area contributed by atoms with Crippen LogP contribution in [0.4, 0.5) is 0 Å². The fraction of sp³-hybridized carbons (Fsp3) is 0.932. The van der Waals surface area contributed by atoms with Crippen molar-refractivity contribution in [3.63, 3.8) is 0 Å². The number of carbonyl (C=O) groups is 1. The molecule has 54 heavy (non-hydrogen) atoms. The van der Waals surface area contributed by atoms with Crippen LogP contribution in [0.5, 0.6) is 0 Å². The standard InChI is InChI=1S/C44H89N2O7P/c1-3-5-7-9-11-13-15-17-19-21-23-25-27-29-31-33-35-41(47)39-44(49)46-42(40-53-54(50,51)52-38-37-45)43(48)36-34-32-30-28-26-24-22-20-18-16-14-12-10-8-6-4-2/h34,36,41-43,47-48H,3-33,35,37-40,45H2,1-2H3,(H,46,49)(H,50,51)/b36-34+. The number of nitrogens with one attached hydrogen (secondary N) is 1. The number of phosphoric acid groups is 1. The minimum Gasteiger partial charge on any atom is -0.393 e. The van der Waals surface area contributed by atoms with Crippen molar-refractivity contribution in [3.05, 3.63) is 12.2 Å². The fourth-order valence-corrected chi connectivity index (χ4v) is 7.70. The first-order valence-electron chi connectivity index (χ1n) is 22.9. The quantitative estimate of drug-likeness (QED) is 0.0233. The molecule has 0 rings (SSSR count). The van der Waals surface area contributed by atoms with Crippen molar-refractivity contribution in [3.8, 4) is 0 Å². The first-order valence-corrected chi connectivity index (χ1v) is 24.4. The van der Waals surface area contributed by atoms with Crippen LogP contribution >= 0.6 is 7.82 Å². The smallest absolute Gasteiger partial charge is 0.393 e. The van der Waals surface area contributed by atoms with E-state index in [9.17, 15) is 24.5 Å². The molecule has 6 N–H and O–H groups in total. The van der Waals surface area contributed by atoms with Crippen LogP contribution in [-0.2, 0) is 18.4 Å². The van der Waals surface area contributed by atoms with Gasteiger partial charge in [-0.05, 0) is 19.3 Å². The highest BCUT2D eigenvalue weighted by Gasteiger charge is 2.27. The van der Waals surface area contributed by atoms with Gasteiger partial charge in [-0.3, -0.25) is 13.8 Å². The summed E-state index contributed by atoms with van der Waals surface area (Å²) in [5.41, 5.74) is 5.37. The topological polar surface area (TPSA) is 151 Å². The van der Waals surface area contributed by atoms with E-state index in [4.69, 9.17) is 14.8 Å². The van der Waals surface area contributed by atoms with Crippen molar-refractivity contribution >= 4 is 13.7 Å². The Bertz CT molecular complexity index is 878. The summed E-state index contributed by atoms with van der Waals surface area (Å²) >= 11 is 0. The van der Waals surface area contributed by atoms with Gasteiger partial charge >= 0.3 is 7.82 Å². The van der Waals surface area contributed by atoms with E-state index in [-0.39, 0.29) is 19.6 Å². The Hall–Kier alpha value is -0.800. The minimum absolute atomic E-state index is 0.0516. The maximum Gasteiger partial charge on any atom is 0.472 e. The second-order valence-corrected chi connectivity index (χ2v) is 17.3. The van der Waals surface area contributed by atoms with Crippen LogP contribution < -0.4 is 11.1 Å². The summed E-state index contributed by atoms with van der Waals surface area (Å²) in [5, 5.41) is 24.1. The number of unbranched alkanes of at least 4 members (excludes halogenated alkanes) is 29. The predicted octanol–water partition coefficient (Wildman–Crippen LogP) is 11.8. The van der Waals surface area contributed by atoms with Gasteiger partial charge in [0.05, 0.1) is 37.9 Å². The Morgan fingerprint density at radius 1 is 0.630 bits per heavy atom. The second-order valence-electron chi connectivity index (χ2n) is 15.8. The minimum atomic E-state index is -4.39. The SMILES string of the molecule is CCCCCCCCCCCCCCCC/C=C/C(O)C(COP(=O)(O)OCCN)NC(=O)CC(O)CCCCCCCCCCCCCCCCCC. The molecule has 9 nitrogen and oxygen atoms in total. The highest BCUT2D eigenvalue weighted by Crippen LogP contribution is 2.43. The van der Waals surface area contributed by atoms with Crippen molar-refractivity contribution in [2.24, 2.45) is 5.73 Å². The molecule has 0 aliphatic carbocycles. The van der Waals surface area contributed by atoms with Gasteiger partial charge in [0.2, 0.25) is 5.91 Å². The summed E-state index contributed by atoms with van der Waals surface area (Å²) in [5.74, 6) is -0.442. The summed E-state index contributed by atoms with van der Waals surface area (Å²) < 4.78 is 22.1. The van der Waals surface area contributed by atoms with E-state index >= 15 is 0 Å². The number of aliphatic hydroxyl groups is 2. The molecule has 0 bridgehead atoms. The Morgan fingerprint density at radius 2 is 1.02 bits per heavy atom. The molecule has 0 aromatic rings. The van der Waals surface area contributed by atoms with Crippen molar-refractivity contribution in [2.45, 2.75) is 244 Å². The molecular weight excluding hydrogens is 699 g/mol. The molecule has 0 aromatic heterocycles. The number of phosphoric ester groups is 1. The molecule has 1 amide bonds. The van der Waals surface area contributed by atoms with E-state index in [0.717, 1.165) is 38.5 Å². The monoisotopic (exact) mass is 789 g/mol. The first-order chi connectivity index (χ1) is 26.3. The van der Waals surface area contributed by atoms with E-state index in [1.165, 1.54) is 161 Å². The van der Waals surface area contributed by atoms with Gasteiger partial charge in [-0.1, -0.05) is 212 Å². The molecule has 0 aliphatic rings. The number of allylic oxidation sites excluding steroid dienone is 1. The number of rotatable bonds is 43. The van der Waals surface area contributed by atoms with Gasteiger partial charge in [0.25, 0.3) is 0 Å². The van der Waals surface area contributed by atoms with Crippen LogP contribution in [-0.4, -0.2) is 59.0 Å². The van der Waals surface area contributed by atoms with Gasteiger partial charge in [0.1, 0.15) is 0 Å². The van der Waals surface area contributed by atoms with Crippen LogP contribution in [0.15, 0.2) is 12.2 Å². The van der Waals surface area contributed by atoms with E-state index in [1.54, 1.807) is 6.08 Å². The summed E-state index contributed by atoms with van der Waals surface area (Å²) in [7, 11) is -4.39. The van der Waals surface area contributed by atoms with Crippen molar-refractivity contribution in [2.75, 3.05) is 19.8 Å². The zero-order chi connectivity index (χ0) is 39.8. The lowest BCUT2D eigenvalue weighted by atomic mass is 10.0. The molecule has 322 valence electrons. The number of hydrogen-bond donors (Lipinski definition) is 5. The largest absolute Gasteiger partial charge is 0.472 e. The van der Waals surface area contributed by atoms with E-state index in [2.05, 4.69) is 19.2 Å². The lowest BCUT2D eigenvalue weighted by molar-refractivity contribution is -0.124. The molecule has 0 aromatic carbocycles. The Labute approximate surface area is 333 Å². The lowest BCUT2D eigenvalue weighted by Gasteiger charge is -2.24. The highest BCUT2D eigenvalue weighted by molar-refractivity contribution is 7.47. The number of hydrogen-bond acceptors (Lipinski definition) is 7. The van der Waals surface area contributed by atoms with Crippen LogP contribution in [0.3, 0.4) is 0 Å². The van der Waals surface area contributed by atoms with Gasteiger partial charge in [-0.25, -0.2) is 4.57 Å². The Morgan fingerprint density at radius 3 is 1.43 bits per heavy atom. The molecule has 10 heteroatoms. The van der Waals surface area contributed by atoms with Crippen molar-refractivity contribution < 1.29 is 33.5 Å². The van der Waals surface area contributed by atoms with Gasteiger partial charge < -0.3 is 26.2 Å². The third-order valence-corrected chi connectivity index (χ3v) is 11.4. The molecule has 4 atom stereocenters. The predicted molar refractivity (Wildman–Crippen MR) is 228 cm³/mol. The zero-order valence-corrected chi connectivity index (χ0v) is 36.2. The average molecular weight is 789 g/mol. The number of amides is 1. The summed E-state index contributed by atoms with van der Waals surface area (Å²) in [4.78, 5) is 22.8. The normalized spacial score (nSPS) is 14.7. The molecular formula is C44H89N2O7P. The maximum atomic E-state index is 12.8. The molecule has 0 fully saturated rings. The Kier molecular flexibility index (Phi) is 39.8. The molecule has 0 saturated carbocycles. The number of nitrogens with two attached hydrogens (primary N) is 1. The summed E-state index contributed by atoms with van der Waals surface area (Å²) in [6, 6.07) is -0.977. The third-order valence-electron chi connectivity index (χ3n) is 10.4. The number of carbonyl (C=O) groups excluding carboxylic acids is 1. The molecule has 4 unspecified atom stereocenters. The molecule has 0 spiro atoms. The first kappa shape index (κ1) is 53.2. The average Bonchev–Trinajstić information content (AvgIpc) is 3.15. The summed E-state index contributed by atoms with van der Waals surface area (Å²) in [6.45, 7) is 4.00. The second kappa shape index (κ2) is 40.4. The van der Waals surface area contributed by atoms with E-state index < -0.39 is 38.6 Å². The van der Waals surface area contributed by atoms with Crippen molar-refractivity contribution in [1.82, 2.24) is 5.32 Å². The molecule has 0 aliphatic heterocycles. The molecule has 0 heterocycles. The lowest BCUT2D eigenvalue weighted by Crippen LogP contribution is -2.46. The van der Waals surface area contributed by atoms with Crippen LogP contribution in [0.25, 0.3) is 0 Å². The van der Waals surface area contributed by atoms with Gasteiger partial charge in [0, 0.05) is 6.54 Å². The zero-order valence-electron chi connectivity index (χ0n) is 35.3. The highest BCUT2D eigenvalue weighted by atomic mass is 31.2. The van der Waals surface area contributed by atoms with Crippen LogP contribution in [0, 0.1) is 0 Å². The van der Waals surface area contributed by atoms with Crippen molar-refractivity contribution in [1.29, 1.82) is 0 Å². The van der Waals surface area contributed by atoms with Gasteiger partial charge in [-0.15, -0.1) is 0 Å². The maximum absolute atomic E-state index is 12.8. The van der Waals surface area contributed by atoms with Gasteiger partial charge in [0.15, 0.2) is 0 Å². The Balaban J connectivity index is 4.27. The van der Waals surface area contributed by atoms with Crippen LogP contribution in [0.2, 0.25) is 0 Å². The molecule has 0 saturated heterocycles. The molecule has 0 radical (unpaired) electrons. The number of aliphatic hydroxyl groups excluding tert-OH is 2. The van der Waals surface area contributed by atoms with Crippen LogP contribution in [0.1, 0.15) is 226 Å². The third kappa shape index (κ3) is 38.1.